The number of benzene rings is 1. The van der Waals surface area contributed by atoms with Crippen LogP contribution in [0.15, 0.2) is 24.3 Å². The minimum atomic E-state index is -0.483. The molecular weight excluding hydrogens is 442 g/mol. The maximum atomic E-state index is 13.1. The van der Waals surface area contributed by atoms with Crippen molar-refractivity contribution in [3.63, 3.8) is 0 Å². The van der Waals surface area contributed by atoms with Crippen molar-refractivity contribution in [1.82, 2.24) is 15.5 Å². The Morgan fingerprint density at radius 3 is 2.57 bits per heavy atom. The standard InChI is InChI=1S/C28H41N3O4/c1-2-9-29-27(33)31-10-6-19(7-11-31)8-12-35-24-5-3-4-21(15-24)26(32)30-25-22-13-20-14-23(25)18-28(34,16-20)17-22/h3-5,15,19-20,22-23,25,34H,2,6-14,16-18H2,1H3,(H,29,33)(H,30,32). The molecule has 1 aliphatic heterocycles. The number of nitrogens with zero attached hydrogens (tertiary/aromatic N) is 1. The van der Waals surface area contributed by atoms with E-state index in [1.165, 1.54) is 0 Å². The van der Waals surface area contributed by atoms with Crippen LogP contribution in [-0.4, -0.2) is 59.8 Å². The number of hydrogen-bond acceptors (Lipinski definition) is 4. The number of ether oxygens (including phenoxy) is 1. The predicted octanol–water partition coefficient (Wildman–Crippen LogP) is 3.96. The first kappa shape index (κ1) is 24.4. The van der Waals surface area contributed by atoms with Gasteiger partial charge in [-0.05, 0) is 99.7 Å². The van der Waals surface area contributed by atoms with E-state index < -0.39 is 5.60 Å². The predicted molar refractivity (Wildman–Crippen MR) is 134 cm³/mol. The molecule has 1 aromatic carbocycles. The lowest BCUT2D eigenvalue weighted by molar-refractivity contribution is -0.136. The molecule has 35 heavy (non-hydrogen) atoms. The van der Waals surface area contributed by atoms with Crippen LogP contribution in [-0.2, 0) is 0 Å². The van der Waals surface area contributed by atoms with E-state index in [0.29, 0.717) is 35.8 Å². The minimum absolute atomic E-state index is 0.0337. The van der Waals surface area contributed by atoms with Gasteiger partial charge in [-0.3, -0.25) is 4.79 Å². The van der Waals surface area contributed by atoms with Gasteiger partial charge in [-0.15, -0.1) is 0 Å². The van der Waals surface area contributed by atoms with Crippen molar-refractivity contribution in [3.05, 3.63) is 29.8 Å². The Bertz CT molecular complexity index is 897. The van der Waals surface area contributed by atoms with E-state index >= 15 is 0 Å². The van der Waals surface area contributed by atoms with E-state index in [-0.39, 0.29) is 18.0 Å². The topological polar surface area (TPSA) is 90.9 Å². The quantitative estimate of drug-likeness (QED) is 0.522. The zero-order valence-corrected chi connectivity index (χ0v) is 21.0. The lowest BCUT2D eigenvalue weighted by Gasteiger charge is -2.58. The Balaban J connectivity index is 1.07. The smallest absolute Gasteiger partial charge is 0.317 e. The largest absolute Gasteiger partial charge is 0.494 e. The van der Waals surface area contributed by atoms with Crippen LogP contribution < -0.4 is 15.4 Å². The first-order valence-corrected chi connectivity index (χ1v) is 13.7. The fourth-order valence-corrected chi connectivity index (χ4v) is 7.29. The molecule has 1 saturated heterocycles. The van der Waals surface area contributed by atoms with Gasteiger partial charge >= 0.3 is 6.03 Å². The van der Waals surface area contributed by atoms with E-state index in [9.17, 15) is 14.7 Å². The van der Waals surface area contributed by atoms with Gasteiger partial charge in [0.25, 0.3) is 5.91 Å². The highest BCUT2D eigenvalue weighted by Crippen LogP contribution is 2.55. The molecule has 1 heterocycles. The van der Waals surface area contributed by atoms with Gasteiger partial charge in [0.15, 0.2) is 0 Å². The number of carbonyl (C=O) groups excluding carboxylic acids is 2. The monoisotopic (exact) mass is 483 g/mol. The van der Waals surface area contributed by atoms with Crippen molar-refractivity contribution in [2.75, 3.05) is 26.2 Å². The number of aliphatic hydroxyl groups is 1. The fraction of sp³-hybridized carbons (Fsp3) is 0.714. The molecule has 7 nitrogen and oxygen atoms in total. The van der Waals surface area contributed by atoms with Crippen LogP contribution in [0.1, 0.15) is 75.1 Å². The SMILES string of the molecule is CCCNC(=O)N1CCC(CCOc2cccc(C(=O)NC3C4CC5CC3CC(O)(C5)C4)c2)CC1. The first-order chi connectivity index (χ1) is 16.9. The summed E-state index contributed by atoms with van der Waals surface area (Å²) in [6.07, 6.45) is 8.80. The molecule has 0 spiro atoms. The average molecular weight is 484 g/mol. The summed E-state index contributed by atoms with van der Waals surface area (Å²) in [6, 6.07) is 7.73. The number of rotatable bonds is 8. The third-order valence-electron chi connectivity index (χ3n) is 8.86. The molecular formula is C28H41N3O4. The summed E-state index contributed by atoms with van der Waals surface area (Å²) in [5, 5.41) is 17.1. The fourth-order valence-electron chi connectivity index (χ4n) is 7.29. The lowest BCUT2D eigenvalue weighted by Crippen LogP contribution is -2.61. The molecule has 6 rings (SSSR count). The molecule has 7 heteroatoms. The number of hydrogen-bond donors (Lipinski definition) is 3. The molecule has 4 saturated carbocycles. The van der Waals surface area contributed by atoms with Crippen molar-refractivity contribution in [2.24, 2.45) is 23.7 Å². The third kappa shape index (κ3) is 5.60. The highest BCUT2D eigenvalue weighted by atomic mass is 16.5. The molecule has 5 aliphatic rings. The number of piperidine rings is 1. The van der Waals surface area contributed by atoms with E-state index in [2.05, 4.69) is 17.6 Å². The Hall–Kier alpha value is -2.28. The Morgan fingerprint density at radius 1 is 1.14 bits per heavy atom. The lowest BCUT2D eigenvalue weighted by atomic mass is 9.52. The number of carbonyl (C=O) groups is 2. The van der Waals surface area contributed by atoms with Crippen LogP contribution >= 0.6 is 0 Å². The van der Waals surface area contributed by atoms with Crippen molar-refractivity contribution in [2.45, 2.75) is 76.4 Å². The third-order valence-corrected chi connectivity index (χ3v) is 8.86. The molecule has 2 unspecified atom stereocenters. The zero-order valence-electron chi connectivity index (χ0n) is 21.0. The number of likely N-dealkylation sites (tertiary alicyclic amines) is 1. The van der Waals surface area contributed by atoms with E-state index in [1.54, 1.807) is 0 Å². The molecule has 2 atom stereocenters. The summed E-state index contributed by atoms with van der Waals surface area (Å²) in [7, 11) is 0. The van der Waals surface area contributed by atoms with Gasteiger partial charge in [-0.1, -0.05) is 13.0 Å². The number of urea groups is 1. The minimum Gasteiger partial charge on any atom is -0.494 e. The summed E-state index contributed by atoms with van der Waals surface area (Å²) in [4.78, 5) is 27.1. The molecule has 0 radical (unpaired) electrons. The van der Waals surface area contributed by atoms with Crippen LogP contribution in [0.4, 0.5) is 4.79 Å². The van der Waals surface area contributed by atoms with Gasteiger partial charge in [0.1, 0.15) is 5.75 Å². The summed E-state index contributed by atoms with van der Waals surface area (Å²) in [6.45, 7) is 5.01. The van der Waals surface area contributed by atoms with Gasteiger partial charge in [0.05, 0.1) is 12.2 Å². The van der Waals surface area contributed by atoms with Crippen molar-refractivity contribution in [3.8, 4) is 5.75 Å². The molecule has 4 aliphatic carbocycles. The molecule has 5 fully saturated rings. The maximum absolute atomic E-state index is 13.1. The Labute approximate surface area is 209 Å². The second-order valence-corrected chi connectivity index (χ2v) is 11.5. The van der Waals surface area contributed by atoms with Crippen LogP contribution in [0.2, 0.25) is 0 Å². The van der Waals surface area contributed by atoms with E-state index in [1.807, 2.05) is 29.2 Å². The van der Waals surface area contributed by atoms with E-state index in [0.717, 1.165) is 83.2 Å². The molecule has 3 amide bonds. The highest BCUT2D eigenvalue weighted by molar-refractivity contribution is 5.94. The summed E-state index contributed by atoms with van der Waals surface area (Å²) >= 11 is 0. The van der Waals surface area contributed by atoms with Crippen LogP contribution in [0.5, 0.6) is 5.75 Å². The van der Waals surface area contributed by atoms with Gasteiger partial charge in [-0.2, -0.15) is 0 Å². The second-order valence-electron chi connectivity index (χ2n) is 11.5. The number of amides is 3. The number of nitrogens with one attached hydrogen (secondary N) is 2. The van der Waals surface area contributed by atoms with Crippen molar-refractivity contribution < 1.29 is 19.4 Å². The highest BCUT2D eigenvalue weighted by Gasteiger charge is 2.55. The summed E-state index contributed by atoms with van der Waals surface area (Å²) in [5.74, 6) is 2.69. The normalized spacial score (nSPS) is 31.9. The molecule has 1 aromatic rings. The van der Waals surface area contributed by atoms with Gasteiger partial charge < -0.3 is 25.4 Å². The van der Waals surface area contributed by atoms with Crippen molar-refractivity contribution >= 4 is 11.9 Å². The molecule has 3 N–H and O–H groups in total. The van der Waals surface area contributed by atoms with Crippen LogP contribution in [0, 0.1) is 23.7 Å². The molecule has 0 aromatic heterocycles. The summed E-state index contributed by atoms with van der Waals surface area (Å²) < 4.78 is 6.02. The molecule has 4 bridgehead atoms. The van der Waals surface area contributed by atoms with Gasteiger partial charge in [0.2, 0.25) is 0 Å². The summed E-state index contributed by atoms with van der Waals surface area (Å²) in [5.41, 5.74) is 0.158. The Morgan fingerprint density at radius 2 is 1.89 bits per heavy atom. The van der Waals surface area contributed by atoms with Crippen molar-refractivity contribution in [1.29, 1.82) is 0 Å². The zero-order chi connectivity index (χ0) is 24.4. The van der Waals surface area contributed by atoms with Crippen LogP contribution in [0.3, 0.4) is 0 Å². The van der Waals surface area contributed by atoms with E-state index in [4.69, 9.17) is 4.74 Å². The second kappa shape index (κ2) is 10.4. The average Bonchev–Trinajstić information content (AvgIpc) is 2.84. The Kier molecular flexibility index (Phi) is 7.24. The van der Waals surface area contributed by atoms with Crippen LogP contribution in [0.25, 0.3) is 0 Å². The molecule has 192 valence electrons. The van der Waals surface area contributed by atoms with Gasteiger partial charge in [0, 0.05) is 31.2 Å². The maximum Gasteiger partial charge on any atom is 0.317 e. The van der Waals surface area contributed by atoms with Gasteiger partial charge in [-0.25, -0.2) is 4.79 Å². The first-order valence-electron chi connectivity index (χ1n) is 13.7.